The van der Waals surface area contributed by atoms with E-state index in [0.717, 1.165) is 13.0 Å². The van der Waals surface area contributed by atoms with E-state index in [4.69, 9.17) is 17.3 Å². The Kier molecular flexibility index (Phi) is 5.57. The van der Waals surface area contributed by atoms with E-state index in [1.807, 2.05) is 11.8 Å². The number of rotatable bonds is 6. The van der Waals surface area contributed by atoms with Crippen molar-refractivity contribution in [3.8, 4) is 0 Å². The van der Waals surface area contributed by atoms with Crippen LogP contribution in [0.1, 0.15) is 12.8 Å². The molecule has 0 aromatic carbocycles. The Balaban J connectivity index is 2.33. The van der Waals surface area contributed by atoms with Crippen LogP contribution >= 0.6 is 23.4 Å². The third kappa shape index (κ3) is 4.57. The van der Waals surface area contributed by atoms with Crippen LogP contribution in [0.15, 0.2) is 6.20 Å². The van der Waals surface area contributed by atoms with E-state index in [9.17, 15) is 0 Å². The standard InChI is InChI=1S/C9H15ClN4S/c1-15-5-3-2-4-12-8-7(10)6-13-9(11)14-8/h6H,2-5H2,1H3,(H3,11,12,13,14). The van der Waals surface area contributed by atoms with E-state index in [1.54, 1.807) is 0 Å². The van der Waals surface area contributed by atoms with Crippen molar-refractivity contribution < 1.29 is 0 Å². The third-order valence-corrected chi connectivity index (χ3v) is 2.80. The van der Waals surface area contributed by atoms with E-state index in [1.165, 1.54) is 18.4 Å². The van der Waals surface area contributed by atoms with Gasteiger partial charge in [0.1, 0.15) is 10.8 Å². The minimum absolute atomic E-state index is 0.242. The van der Waals surface area contributed by atoms with Crippen molar-refractivity contribution in [1.29, 1.82) is 0 Å². The molecular formula is C9H15ClN4S. The molecule has 0 bridgehead atoms. The molecule has 84 valence electrons. The number of thioether (sulfide) groups is 1. The molecule has 6 heteroatoms. The van der Waals surface area contributed by atoms with Crippen molar-refractivity contribution in [2.45, 2.75) is 12.8 Å². The molecule has 0 radical (unpaired) electrons. The van der Waals surface area contributed by atoms with Crippen LogP contribution in [0, 0.1) is 0 Å². The zero-order valence-electron chi connectivity index (χ0n) is 8.66. The van der Waals surface area contributed by atoms with Gasteiger partial charge in [-0.3, -0.25) is 0 Å². The van der Waals surface area contributed by atoms with Crippen molar-refractivity contribution in [3.05, 3.63) is 11.2 Å². The molecule has 1 aromatic rings. The van der Waals surface area contributed by atoms with Gasteiger partial charge >= 0.3 is 0 Å². The van der Waals surface area contributed by atoms with Gasteiger partial charge < -0.3 is 11.1 Å². The Labute approximate surface area is 99.0 Å². The van der Waals surface area contributed by atoms with E-state index in [2.05, 4.69) is 21.5 Å². The topological polar surface area (TPSA) is 63.8 Å². The summed E-state index contributed by atoms with van der Waals surface area (Å²) in [6.07, 6.45) is 5.90. The van der Waals surface area contributed by atoms with Gasteiger partial charge in [-0.25, -0.2) is 4.98 Å². The van der Waals surface area contributed by atoms with Gasteiger partial charge in [0.15, 0.2) is 0 Å². The van der Waals surface area contributed by atoms with Crippen LogP contribution in [0.2, 0.25) is 5.02 Å². The van der Waals surface area contributed by atoms with Crippen LogP contribution in [0.3, 0.4) is 0 Å². The van der Waals surface area contributed by atoms with Crippen molar-refractivity contribution >= 4 is 35.1 Å². The van der Waals surface area contributed by atoms with Crippen LogP contribution in [0.4, 0.5) is 11.8 Å². The number of hydrogen-bond donors (Lipinski definition) is 2. The first-order valence-electron chi connectivity index (χ1n) is 4.75. The molecule has 0 saturated heterocycles. The summed E-state index contributed by atoms with van der Waals surface area (Å²) < 4.78 is 0. The van der Waals surface area contributed by atoms with E-state index < -0.39 is 0 Å². The summed E-state index contributed by atoms with van der Waals surface area (Å²) >= 11 is 7.74. The Morgan fingerprint density at radius 2 is 2.33 bits per heavy atom. The number of halogens is 1. The van der Waals surface area contributed by atoms with E-state index >= 15 is 0 Å². The minimum atomic E-state index is 0.242. The van der Waals surface area contributed by atoms with Gasteiger partial charge in [0.05, 0.1) is 6.20 Å². The van der Waals surface area contributed by atoms with Gasteiger partial charge in [-0.1, -0.05) is 11.6 Å². The summed E-state index contributed by atoms with van der Waals surface area (Å²) in [4.78, 5) is 7.80. The minimum Gasteiger partial charge on any atom is -0.369 e. The number of nitrogen functional groups attached to an aromatic ring is 1. The van der Waals surface area contributed by atoms with Crippen molar-refractivity contribution in [2.75, 3.05) is 29.6 Å². The van der Waals surface area contributed by atoms with Crippen LogP contribution in [0.25, 0.3) is 0 Å². The lowest BCUT2D eigenvalue weighted by Gasteiger charge is -2.06. The predicted octanol–water partition coefficient (Wildman–Crippen LogP) is 2.27. The van der Waals surface area contributed by atoms with Gasteiger partial charge in [-0.05, 0) is 24.9 Å². The lowest BCUT2D eigenvalue weighted by atomic mass is 10.3. The molecule has 0 spiro atoms. The smallest absolute Gasteiger partial charge is 0.222 e. The predicted molar refractivity (Wildman–Crippen MR) is 67.6 cm³/mol. The highest BCUT2D eigenvalue weighted by atomic mass is 35.5. The summed E-state index contributed by atoms with van der Waals surface area (Å²) in [5, 5.41) is 3.65. The highest BCUT2D eigenvalue weighted by molar-refractivity contribution is 7.98. The van der Waals surface area contributed by atoms with Gasteiger partial charge in [0, 0.05) is 6.54 Å². The maximum Gasteiger partial charge on any atom is 0.222 e. The zero-order valence-corrected chi connectivity index (χ0v) is 10.2. The summed E-state index contributed by atoms with van der Waals surface area (Å²) in [7, 11) is 0. The zero-order chi connectivity index (χ0) is 11.1. The number of anilines is 2. The quantitative estimate of drug-likeness (QED) is 0.754. The van der Waals surface area contributed by atoms with Gasteiger partial charge in [-0.2, -0.15) is 16.7 Å². The monoisotopic (exact) mass is 246 g/mol. The van der Waals surface area contributed by atoms with Crippen LogP contribution in [0.5, 0.6) is 0 Å². The summed E-state index contributed by atoms with van der Waals surface area (Å²) in [5.41, 5.74) is 5.46. The van der Waals surface area contributed by atoms with Crippen LogP contribution in [-0.4, -0.2) is 28.5 Å². The second kappa shape index (κ2) is 6.74. The lowest BCUT2D eigenvalue weighted by molar-refractivity contribution is 0.839. The van der Waals surface area contributed by atoms with Gasteiger partial charge in [-0.15, -0.1) is 0 Å². The van der Waals surface area contributed by atoms with Gasteiger partial charge in [0.2, 0.25) is 5.95 Å². The molecule has 0 amide bonds. The molecule has 15 heavy (non-hydrogen) atoms. The largest absolute Gasteiger partial charge is 0.369 e. The van der Waals surface area contributed by atoms with Crippen LogP contribution < -0.4 is 11.1 Å². The Hall–Kier alpha value is -0.680. The summed E-state index contributed by atoms with van der Waals surface area (Å²) in [6, 6.07) is 0. The fourth-order valence-corrected chi connectivity index (χ4v) is 1.73. The molecule has 1 heterocycles. The molecule has 0 aliphatic heterocycles. The molecule has 0 atom stereocenters. The molecule has 0 aliphatic carbocycles. The first-order chi connectivity index (χ1) is 7.24. The summed E-state index contributed by atoms with van der Waals surface area (Å²) in [5.74, 6) is 2.04. The molecule has 0 unspecified atom stereocenters. The second-order valence-electron chi connectivity index (χ2n) is 3.05. The highest BCUT2D eigenvalue weighted by Crippen LogP contribution is 2.18. The summed E-state index contributed by atoms with van der Waals surface area (Å²) in [6.45, 7) is 0.858. The maximum atomic E-state index is 5.89. The lowest BCUT2D eigenvalue weighted by Crippen LogP contribution is -2.06. The Morgan fingerprint density at radius 3 is 3.07 bits per heavy atom. The Morgan fingerprint density at radius 1 is 1.53 bits per heavy atom. The fourth-order valence-electron chi connectivity index (χ4n) is 1.08. The number of unbranched alkanes of at least 4 members (excludes halogenated alkanes) is 1. The Bertz CT molecular complexity index is 308. The highest BCUT2D eigenvalue weighted by Gasteiger charge is 2.01. The van der Waals surface area contributed by atoms with Crippen LogP contribution in [-0.2, 0) is 0 Å². The molecule has 0 fully saturated rings. The number of nitrogens with zero attached hydrogens (tertiary/aromatic N) is 2. The number of nitrogens with one attached hydrogen (secondary N) is 1. The molecule has 1 aromatic heterocycles. The van der Waals surface area contributed by atoms with Crippen molar-refractivity contribution in [1.82, 2.24) is 9.97 Å². The average molecular weight is 247 g/mol. The normalized spacial score (nSPS) is 10.3. The molecule has 3 N–H and O–H groups in total. The SMILES string of the molecule is CSCCCCNc1nc(N)ncc1Cl. The first-order valence-corrected chi connectivity index (χ1v) is 6.52. The van der Waals surface area contributed by atoms with E-state index in [0.29, 0.717) is 10.8 Å². The molecule has 4 nitrogen and oxygen atoms in total. The molecule has 0 saturated carbocycles. The van der Waals surface area contributed by atoms with Crippen molar-refractivity contribution in [2.24, 2.45) is 0 Å². The first kappa shape index (κ1) is 12.4. The van der Waals surface area contributed by atoms with Crippen molar-refractivity contribution in [3.63, 3.8) is 0 Å². The molecule has 0 aliphatic rings. The molecular weight excluding hydrogens is 232 g/mol. The molecule has 1 rings (SSSR count). The number of hydrogen-bond acceptors (Lipinski definition) is 5. The third-order valence-electron chi connectivity index (χ3n) is 1.83. The number of nitrogens with two attached hydrogens (primary N) is 1. The number of aromatic nitrogens is 2. The second-order valence-corrected chi connectivity index (χ2v) is 4.44. The maximum absolute atomic E-state index is 5.89. The van der Waals surface area contributed by atoms with Gasteiger partial charge in [0.25, 0.3) is 0 Å². The van der Waals surface area contributed by atoms with E-state index in [-0.39, 0.29) is 5.95 Å². The fraction of sp³-hybridized carbons (Fsp3) is 0.556. The average Bonchev–Trinajstić information content (AvgIpc) is 2.23.